The predicted molar refractivity (Wildman–Crippen MR) is 87.7 cm³/mol. The molecule has 1 fully saturated rings. The maximum Gasteiger partial charge on any atom is 0.235 e. The van der Waals surface area contributed by atoms with E-state index in [-0.39, 0.29) is 5.75 Å². The topological polar surface area (TPSA) is 63.4 Å². The summed E-state index contributed by atoms with van der Waals surface area (Å²) in [5.74, 6) is 0.598. The van der Waals surface area contributed by atoms with Crippen molar-refractivity contribution in [1.29, 1.82) is 0 Å². The van der Waals surface area contributed by atoms with Crippen molar-refractivity contribution >= 4 is 15.7 Å². The first-order valence-electron chi connectivity index (χ1n) is 7.86. The van der Waals surface area contributed by atoms with Crippen LogP contribution in [0, 0.1) is 5.92 Å². The highest BCUT2D eigenvalue weighted by atomic mass is 32.2. The van der Waals surface area contributed by atoms with E-state index >= 15 is 0 Å². The zero-order valence-corrected chi connectivity index (χ0v) is 13.6. The maximum atomic E-state index is 12.7. The summed E-state index contributed by atoms with van der Waals surface area (Å²) in [6.07, 6.45) is 5.66. The highest BCUT2D eigenvalue weighted by Gasteiger charge is 2.26. The highest BCUT2D eigenvalue weighted by Crippen LogP contribution is 2.27. The van der Waals surface area contributed by atoms with Crippen LogP contribution in [0.2, 0.25) is 0 Å². The van der Waals surface area contributed by atoms with Gasteiger partial charge in [-0.25, -0.2) is 8.42 Å². The van der Waals surface area contributed by atoms with Crippen LogP contribution in [-0.4, -0.2) is 20.7 Å². The minimum atomic E-state index is -3.24. The molecule has 1 aromatic carbocycles. The quantitative estimate of drug-likeness (QED) is 0.878. The second-order valence-electron chi connectivity index (χ2n) is 5.82. The second kappa shape index (κ2) is 7.27. The standard InChI is InChI=1S/C16H26N2O2S/c1-2-18(16-10-8-14(12-17)9-11-16)21(19,20)13-15-6-4-3-5-7-15/h8-11,15H,2-7,12-13,17H2,1H3. The molecule has 4 nitrogen and oxygen atoms in total. The van der Waals surface area contributed by atoms with Gasteiger partial charge in [-0.3, -0.25) is 4.31 Å². The zero-order valence-electron chi connectivity index (χ0n) is 12.8. The summed E-state index contributed by atoms with van der Waals surface area (Å²) < 4.78 is 26.9. The summed E-state index contributed by atoms with van der Waals surface area (Å²) in [6.45, 7) is 2.83. The molecule has 0 amide bonds. The van der Waals surface area contributed by atoms with Gasteiger partial charge in [0.15, 0.2) is 0 Å². The van der Waals surface area contributed by atoms with E-state index < -0.39 is 10.0 Å². The van der Waals surface area contributed by atoms with Crippen LogP contribution in [-0.2, 0) is 16.6 Å². The van der Waals surface area contributed by atoms with Crippen molar-refractivity contribution in [2.24, 2.45) is 11.7 Å². The van der Waals surface area contributed by atoms with Gasteiger partial charge in [-0.05, 0) is 43.4 Å². The maximum absolute atomic E-state index is 12.7. The van der Waals surface area contributed by atoms with E-state index in [1.165, 1.54) is 10.7 Å². The molecule has 0 unspecified atom stereocenters. The van der Waals surface area contributed by atoms with Gasteiger partial charge in [0, 0.05) is 13.1 Å². The van der Waals surface area contributed by atoms with E-state index in [0.717, 1.165) is 36.9 Å². The minimum Gasteiger partial charge on any atom is -0.326 e. The Balaban J connectivity index is 2.13. The van der Waals surface area contributed by atoms with Crippen LogP contribution in [0.5, 0.6) is 0 Å². The normalized spacial score (nSPS) is 16.9. The van der Waals surface area contributed by atoms with E-state index in [1.807, 2.05) is 31.2 Å². The lowest BCUT2D eigenvalue weighted by Gasteiger charge is -2.27. The van der Waals surface area contributed by atoms with E-state index in [9.17, 15) is 8.42 Å². The second-order valence-corrected chi connectivity index (χ2v) is 7.76. The van der Waals surface area contributed by atoms with E-state index in [1.54, 1.807) is 0 Å². The third-order valence-electron chi connectivity index (χ3n) is 4.25. The van der Waals surface area contributed by atoms with E-state index in [4.69, 9.17) is 5.73 Å². The van der Waals surface area contributed by atoms with Gasteiger partial charge in [0.2, 0.25) is 10.0 Å². The molecule has 0 aromatic heterocycles. The van der Waals surface area contributed by atoms with Crippen LogP contribution in [0.1, 0.15) is 44.6 Å². The Morgan fingerprint density at radius 3 is 2.29 bits per heavy atom. The van der Waals surface area contributed by atoms with Crippen LogP contribution in [0.4, 0.5) is 5.69 Å². The number of hydrogen-bond acceptors (Lipinski definition) is 3. The average Bonchev–Trinajstić information content (AvgIpc) is 2.49. The molecule has 0 saturated heterocycles. The predicted octanol–water partition coefficient (Wildman–Crippen LogP) is 2.88. The molecule has 2 rings (SSSR count). The first-order valence-corrected chi connectivity index (χ1v) is 9.47. The van der Waals surface area contributed by atoms with Gasteiger partial charge in [-0.15, -0.1) is 0 Å². The molecule has 0 atom stereocenters. The van der Waals surface area contributed by atoms with Gasteiger partial charge in [0.25, 0.3) is 0 Å². The van der Waals surface area contributed by atoms with Gasteiger partial charge in [-0.2, -0.15) is 0 Å². The molecule has 0 radical (unpaired) electrons. The Morgan fingerprint density at radius 1 is 1.14 bits per heavy atom. The van der Waals surface area contributed by atoms with Gasteiger partial charge in [-0.1, -0.05) is 31.4 Å². The van der Waals surface area contributed by atoms with Crippen LogP contribution >= 0.6 is 0 Å². The van der Waals surface area contributed by atoms with Crippen molar-refractivity contribution in [3.8, 4) is 0 Å². The molecule has 0 bridgehead atoms. The molecular weight excluding hydrogens is 284 g/mol. The molecular formula is C16H26N2O2S. The Kier molecular flexibility index (Phi) is 5.65. The van der Waals surface area contributed by atoms with Gasteiger partial charge < -0.3 is 5.73 Å². The number of anilines is 1. The molecule has 21 heavy (non-hydrogen) atoms. The van der Waals surface area contributed by atoms with Gasteiger partial charge >= 0.3 is 0 Å². The number of rotatable bonds is 6. The van der Waals surface area contributed by atoms with Crippen LogP contribution in [0.15, 0.2) is 24.3 Å². The Morgan fingerprint density at radius 2 is 1.76 bits per heavy atom. The van der Waals surface area contributed by atoms with Crippen molar-refractivity contribution in [3.05, 3.63) is 29.8 Å². The van der Waals surface area contributed by atoms with Gasteiger partial charge in [0.1, 0.15) is 0 Å². The minimum absolute atomic E-state index is 0.277. The molecule has 0 heterocycles. The van der Waals surface area contributed by atoms with Crippen LogP contribution in [0.25, 0.3) is 0 Å². The summed E-state index contributed by atoms with van der Waals surface area (Å²) in [5, 5.41) is 0. The fourth-order valence-corrected chi connectivity index (χ4v) is 5.03. The van der Waals surface area contributed by atoms with E-state index in [0.29, 0.717) is 19.0 Å². The highest BCUT2D eigenvalue weighted by molar-refractivity contribution is 7.92. The largest absolute Gasteiger partial charge is 0.326 e. The SMILES string of the molecule is CCN(c1ccc(CN)cc1)S(=O)(=O)CC1CCCCC1. The first-order chi connectivity index (χ1) is 10.1. The first kappa shape index (κ1) is 16.3. The lowest BCUT2D eigenvalue weighted by atomic mass is 9.91. The van der Waals surface area contributed by atoms with Crippen molar-refractivity contribution in [1.82, 2.24) is 0 Å². The molecule has 5 heteroatoms. The van der Waals surface area contributed by atoms with Crippen molar-refractivity contribution in [2.45, 2.75) is 45.6 Å². The summed E-state index contributed by atoms with van der Waals surface area (Å²) in [6, 6.07) is 7.50. The number of nitrogens with zero attached hydrogens (tertiary/aromatic N) is 1. The fourth-order valence-electron chi connectivity index (χ4n) is 3.08. The molecule has 0 aliphatic heterocycles. The Hall–Kier alpha value is -1.07. The lowest BCUT2D eigenvalue weighted by molar-refractivity contribution is 0.384. The number of hydrogen-bond donors (Lipinski definition) is 1. The summed E-state index contributed by atoms with van der Waals surface area (Å²) in [5.41, 5.74) is 7.34. The smallest absolute Gasteiger partial charge is 0.235 e. The molecule has 1 saturated carbocycles. The fraction of sp³-hybridized carbons (Fsp3) is 0.625. The average molecular weight is 310 g/mol. The molecule has 1 aliphatic rings. The molecule has 0 spiro atoms. The monoisotopic (exact) mass is 310 g/mol. The molecule has 118 valence electrons. The van der Waals surface area contributed by atoms with Crippen molar-refractivity contribution in [2.75, 3.05) is 16.6 Å². The lowest BCUT2D eigenvalue weighted by Crippen LogP contribution is -2.35. The molecule has 1 aromatic rings. The summed E-state index contributed by atoms with van der Waals surface area (Å²) >= 11 is 0. The summed E-state index contributed by atoms with van der Waals surface area (Å²) in [7, 11) is -3.24. The zero-order chi connectivity index (χ0) is 15.3. The Bertz CT molecular complexity index is 534. The number of benzene rings is 1. The third kappa shape index (κ3) is 4.20. The number of sulfonamides is 1. The van der Waals surface area contributed by atoms with E-state index in [2.05, 4.69) is 0 Å². The van der Waals surface area contributed by atoms with Gasteiger partial charge in [0.05, 0.1) is 11.4 Å². The molecule has 1 aliphatic carbocycles. The third-order valence-corrected chi connectivity index (χ3v) is 6.29. The van der Waals surface area contributed by atoms with Crippen molar-refractivity contribution in [3.63, 3.8) is 0 Å². The molecule has 2 N–H and O–H groups in total. The van der Waals surface area contributed by atoms with Crippen LogP contribution in [0.3, 0.4) is 0 Å². The summed E-state index contributed by atoms with van der Waals surface area (Å²) in [4.78, 5) is 0. The Labute approximate surface area is 128 Å². The van der Waals surface area contributed by atoms with Crippen molar-refractivity contribution < 1.29 is 8.42 Å². The number of nitrogens with two attached hydrogens (primary N) is 1. The van der Waals surface area contributed by atoms with Crippen LogP contribution < -0.4 is 10.0 Å².